The Morgan fingerprint density at radius 1 is 1.17 bits per heavy atom. The van der Waals surface area contributed by atoms with Crippen LogP contribution >= 0.6 is 11.6 Å². The normalized spacial score (nSPS) is 12.3. The summed E-state index contributed by atoms with van der Waals surface area (Å²) in [5.74, 6) is 0.605. The lowest BCUT2D eigenvalue weighted by atomic mass is 10.1. The van der Waals surface area contributed by atoms with Gasteiger partial charge >= 0.3 is 0 Å². The maximum atomic E-state index is 12.5. The first-order chi connectivity index (χ1) is 11.5. The van der Waals surface area contributed by atoms with Crippen LogP contribution in [0.5, 0.6) is 5.75 Å². The SMILES string of the molecule is Cc1nn(C[C@@H](O)COc2ccc(Cl)cc2)c(=O)c2ccccc12. The fourth-order valence-corrected chi connectivity index (χ4v) is 2.63. The molecule has 3 rings (SSSR count). The summed E-state index contributed by atoms with van der Waals surface area (Å²) in [6.07, 6.45) is -0.855. The van der Waals surface area contributed by atoms with Gasteiger partial charge in [0, 0.05) is 10.4 Å². The van der Waals surface area contributed by atoms with Crippen LogP contribution in [0.4, 0.5) is 0 Å². The van der Waals surface area contributed by atoms with Crippen LogP contribution in [0.25, 0.3) is 10.8 Å². The number of aliphatic hydroxyl groups is 1. The van der Waals surface area contributed by atoms with Crippen molar-refractivity contribution < 1.29 is 9.84 Å². The molecular formula is C18H17ClN2O3. The van der Waals surface area contributed by atoms with Gasteiger partial charge in [0.2, 0.25) is 0 Å². The summed E-state index contributed by atoms with van der Waals surface area (Å²) in [5, 5.41) is 16.5. The van der Waals surface area contributed by atoms with Crippen molar-refractivity contribution >= 4 is 22.4 Å². The van der Waals surface area contributed by atoms with Gasteiger partial charge in [-0.25, -0.2) is 4.68 Å². The van der Waals surface area contributed by atoms with Crippen LogP contribution in [-0.2, 0) is 6.54 Å². The Kier molecular flexibility index (Phi) is 4.83. The number of benzene rings is 2. The van der Waals surface area contributed by atoms with Gasteiger partial charge in [0.05, 0.1) is 17.6 Å². The van der Waals surface area contributed by atoms with Crippen LogP contribution in [0.1, 0.15) is 5.69 Å². The zero-order valence-corrected chi connectivity index (χ0v) is 13.9. The second-order valence-electron chi connectivity index (χ2n) is 5.54. The predicted molar refractivity (Wildman–Crippen MR) is 93.7 cm³/mol. The molecule has 1 N–H and O–H groups in total. The molecule has 0 aliphatic rings. The first-order valence-electron chi connectivity index (χ1n) is 7.57. The van der Waals surface area contributed by atoms with Crippen LogP contribution in [-0.4, -0.2) is 27.6 Å². The van der Waals surface area contributed by atoms with Crippen molar-refractivity contribution in [3.8, 4) is 5.75 Å². The number of ether oxygens (including phenoxy) is 1. The van der Waals surface area contributed by atoms with E-state index in [1.54, 1.807) is 30.3 Å². The van der Waals surface area contributed by atoms with Gasteiger partial charge in [-0.3, -0.25) is 4.79 Å². The van der Waals surface area contributed by atoms with Crippen LogP contribution < -0.4 is 10.3 Å². The van der Waals surface area contributed by atoms with E-state index < -0.39 is 6.10 Å². The molecule has 0 unspecified atom stereocenters. The summed E-state index contributed by atoms with van der Waals surface area (Å²) in [6.45, 7) is 1.97. The average Bonchev–Trinajstić information content (AvgIpc) is 2.59. The molecule has 0 aliphatic carbocycles. The first-order valence-corrected chi connectivity index (χ1v) is 7.95. The van der Waals surface area contributed by atoms with E-state index in [9.17, 15) is 9.90 Å². The number of fused-ring (bicyclic) bond motifs is 1. The molecule has 0 bridgehead atoms. The topological polar surface area (TPSA) is 64.3 Å². The number of hydrogen-bond acceptors (Lipinski definition) is 4. The summed E-state index contributed by atoms with van der Waals surface area (Å²) in [5.41, 5.74) is 0.526. The molecule has 24 heavy (non-hydrogen) atoms. The fourth-order valence-electron chi connectivity index (χ4n) is 2.50. The monoisotopic (exact) mass is 344 g/mol. The number of aromatic nitrogens is 2. The zero-order chi connectivity index (χ0) is 17.1. The Morgan fingerprint density at radius 3 is 2.54 bits per heavy atom. The number of aryl methyl sites for hydroxylation is 1. The summed E-state index contributed by atoms with van der Waals surface area (Å²) in [4.78, 5) is 12.5. The Morgan fingerprint density at radius 2 is 1.83 bits per heavy atom. The first kappa shape index (κ1) is 16.5. The molecule has 124 valence electrons. The second kappa shape index (κ2) is 7.03. The molecule has 0 radical (unpaired) electrons. The van der Waals surface area contributed by atoms with Crippen LogP contribution in [0.15, 0.2) is 53.3 Å². The Bertz CT molecular complexity index is 906. The van der Waals surface area contributed by atoms with E-state index in [1.807, 2.05) is 25.1 Å². The average molecular weight is 345 g/mol. The molecule has 0 saturated carbocycles. The lowest BCUT2D eigenvalue weighted by Crippen LogP contribution is -2.32. The summed E-state index contributed by atoms with van der Waals surface area (Å²) >= 11 is 5.81. The third kappa shape index (κ3) is 3.58. The lowest BCUT2D eigenvalue weighted by Gasteiger charge is -2.14. The largest absolute Gasteiger partial charge is 0.491 e. The third-order valence-electron chi connectivity index (χ3n) is 3.69. The van der Waals surface area contributed by atoms with Gasteiger partial charge in [-0.1, -0.05) is 29.8 Å². The van der Waals surface area contributed by atoms with E-state index in [4.69, 9.17) is 16.3 Å². The molecular weight excluding hydrogens is 328 g/mol. The smallest absolute Gasteiger partial charge is 0.274 e. The molecule has 3 aromatic rings. The third-order valence-corrected chi connectivity index (χ3v) is 3.94. The van der Waals surface area contributed by atoms with Crippen molar-refractivity contribution in [2.45, 2.75) is 19.6 Å². The van der Waals surface area contributed by atoms with Crippen molar-refractivity contribution in [2.75, 3.05) is 6.61 Å². The number of halogens is 1. The highest BCUT2D eigenvalue weighted by Gasteiger charge is 2.12. The number of rotatable bonds is 5. The van der Waals surface area contributed by atoms with Crippen molar-refractivity contribution in [3.05, 3.63) is 69.6 Å². The molecule has 0 saturated heterocycles. The highest BCUT2D eigenvalue weighted by Crippen LogP contribution is 2.16. The van der Waals surface area contributed by atoms with Gasteiger partial charge in [-0.05, 0) is 37.3 Å². The minimum absolute atomic E-state index is 0.0572. The highest BCUT2D eigenvalue weighted by molar-refractivity contribution is 6.30. The molecule has 0 fully saturated rings. The van der Waals surface area contributed by atoms with Crippen molar-refractivity contribution in [1.82, 2.24) is 9.78 Å². The highest BCUT2D eigenvalue weighted by atomic mass is 35.5. The lowest BCUT2D eigenvalue weighted by molar-refractivity contribution is 0.0880. The van der Waals surface area contributed by atoms with Crippen molar-refractivity contribution in [3.63, 3.8) is 0 Å². The van der Waals surface area contributed by atoms with Gasteiger partial charge < -0.3 is 9.84 Å². The van der Waals surface area contributed by atoms with Crippen LogP contribution in [0.3, 0.4) is 0 Å². The fraction of sp³-hybridized carbons (Fsp3) is 0.222. The van der Waals surface area contributed by atoms with Crippen molar-refractivity contribution in [1.29, 1.82) is 0 Å². The summed E-state index contributed by atoms with van der Waals surface area (Å²) in [7, 11) is 0. The summed E-state index contributed by atoms with van der Waals surface area (Å²) < 4.78 is 6.79. The minimum atomic E-state index is -0.855. The van der Waals surface area contributed by atoms with Gasteiger partial charge in [0.25, 0.3) is 5.56 Å². The molecule has 1 aromatic heterocycles. The molecule has 2 aromatic carbocycles. The number of hydrogen-bond donors (Lipinski definition) is 1. The molecule has 1 atom stereocenters. The van der Waals surface area contributed by atoms with E-state index in [1.165, 1.54) is 4.68 Å². The minimum Gasteiger partial charge on any atom is -0.491 e. The van der Waals surface area contributed by atoms with Crippen molar-refractivity contribution in [2.24, 2.45) is 0 Å². The van der Waals surface area contributed by atoms with E-state index in [0.717, 1.165) is 11.1 Å². The van der Waals surface area contributed by atoms with Crippen LogP contribution in [0.2, 0.25) is 5.02 Å². The van der Waals surface area contributed by atoms with Gasteiger partial charge in [-0.2, -0.15) is 5.10 Å². The molecule has 0 aliphatic heterocycles. The van der Waals surface area contributed by atoms with E-state index in [2.05, 4.69) is 5.10 Å². The Balaban J connectivity index is 1.73. The maximum absolute atomic E-state index is 12.5. The molecule has 5 nitrogen and oxygen atoms in total. The molecule has 1 heterocycles. The molecule has 6 heteroatoms. The maximum Gasteiger partial charge on any atom is 0.274 e. The van der Waals surface area contributed by atoms with Gasteiger partial charge in [0.1, 0.15) is 18.5 Å². The summed E-state index contributed by atoms with van der Waals surface area (Å²) in [6, 6.07) is 14.2. The van der Waals surface area contributed by atoms with Gasteiger partial charge in [0.15, 0.2) is 0 Å². The Labute approximate surface area is 144 Å². The van der Waals surface area contributed by atoms with E-state index >= 15 is 0 Å². The zero-order valence-electron chi connectivity index (χ0n) is 13.1. The number of aliphatic hydroxyl groups excluding tert-OH is 1. The van der Waals surface area contributed by atoms with Gasteiger partial charge in [-0.15, -0.1) is 0 Å². The van der Waals surface area contributed by atoms with E-state index in [-0.39, 0.29) is 18.7 Å². The standard InChI is InChI=1S/C18H17ClN2O3/c1-12-16-4-2-3-5-17(16)18(23)21(20-12)10-14(22)11-24-15-8-6-13(19)7-9-15/h2-9,14,22H,10-11H2,1H3/t14-/m1/s1. The molecule has 0 spiro atoms. The second-order valence-corrected chi connectivity index (χ2v) is 5.97. The quantitative estimate of drug-likeness (QED) is 0.773. The number of nitrogens with zero attached hydrogens (tertiary/aromatic N) is 2. The van der Waals surface area contributed by atoms with Crippen LogP contribution in [0, 0.1) is 6.92 Å². The molecule has 0 amide bonds. The van der Waals surface area contributed by atoms with E-state index in [0.29, 0.717) is 16.2 Å². The predicted octanol–water partition coefficient (Wildman–Crippen LogP) is 2.80. The Hall–Kier alpha value is -2.37.